The highest BCUT2D eigenvalue weighted by Gasteiger charge is 2.33. The van der Waals surface area contributed by atoms with E-state index in [1.54, 1.807) is 28.8 Å². The second kappa shape index (κ2) is 13.6. The van der Waals surface area contributed by atoms with Crippen LogP contribution in [-0.2, 0) is 22.7 Å². The maximum absolute atomic E-state index is 14.1. The molecule has 0 saturated heterocycles. The number of amides is 2. The van der Waals surface area contributed by atoms with Crippen LogP contribution in [-0.4, -0.2) is 52.0 Å². The number of rotatable bonds is 13. The van der Waals surface area contributed by atoms with Crippen molar-refractivity contribution in [3.05, 3.63) is 83.9 Å². The Bertz CT molecular complexity index is 1420. The van der Waals surface area contributed by atoms with Gasteiger partial charge >= 0.3 is 0 Å². The van der Waals surface area contributed by atoms with Crippen LogP contribution in [0.2, 0.25) is 0 Å². The van der Waals surface area contributed by atoms with E-state index in [0.29, 0.717) is 41.6 Å². The fourth-order valence-corrected chi connectivity index (χ4v) is 4.54. The van der Waals surface area contributed by atoms with Crippen LogP contribution in [0.15, 0.2) is 72.8 Å². The van der Waals surface area contributed by atoms with Gasteiger partial charge in [-0.3, -0.25) is 9.59 Å². The van der Waals surface area contributed by atoms with Gasteiger partial charge in [-0.25, -0.2) is 4.68 Å². The number of ether oxygens (including phenoxy) is 2. The molecule has 1 heterocycles. The Morgan fingerprint density at radius 3 is 2.48 bits per heavy atom. The number of nitrogens with one attached hydrogen (secondary N) is 1. The van der Waals surface area contributed by atoms with Crippen molar-refractivity contribution in [2.24, 2.45) is 5.92 Å². The predicted octanol–water partition coefficient (Wildman–Crippen LogP) is 4.77. The van der Waals surface area contributed by atoms with Crippen molar-refractivity contribution in [3.63, 3.8) is 0 Å². The molecule has 0 aliphatic rings. The molecule has 1 unspecified atom stereocenters. The Kier molecular flexibility index (Phi) is 9.72. The summed E-state index contributed by atoms with van der Waals surface area (Å²) in [5.74, 6) is 0.958. The summed E-state index contributed by atoms with van der Waals surface area (Å²) < 4.78 is 12.9. The van der Waals surface area contributed by atoms with Crippen LogP contribution in [0.25, 0.3) is 11.0 Å². The summed E-state index contributed by atoms with van der Waals surface area (Å²) in [4.78, 5) is 29.6. The van der Waals surface area contributed by atoms with Gasteiger partial charge in [0, 0.05) is 13.1 Å². The van der Waals surface area contributed by atoms with E-state index in [1.807, 2.05) is 67.6 Å². The third-order valence-electron chi connectivity index (χ3n) is 6.61. The topological polar surface area (TPSA) is 98.6 Å². The van der Waals surface area contributed by atoms with E-state index in [1.165, 1.54) is 0 Å². The van der Waals surface area contributed by atoms with Crippen molar-refractivity contribution >= 4 is 22.8 Å². The SMILES string of the molecule is CCOc1ccc(C(C(=O)NCCC(C)C)N(Cc2ccccc2)C(=O)Cn2nnc3ccccc32)cc1OC. The molecule has 2 amide bonds. The van der Waals surface area contributed by atoms with Gasteiger partial charge in [0.1, 0.15) is 18.1 Å². The average Bonchev–Trinajstić information content (AvgIpc) is 3.36. The van der Waals surface area contributed by atoms with Crippen molar-refractivity contribution in [3.8, 4) is 11.5 Å². The number of aromatic nitrogens is 3. The summed E-state index contributed by atoms with van der Waals surface area (Å²) in [5.41, 5.74) is 2.97. The number of fused-ring (bicyclic) bond motifs is 1. The van der Waals surface area contributed by atoms with Crippen molar-refractivity contribution < 1.29 is 19.1 Å². The number of nitrogens with zero attached hydrogens (tertiary/aromatic N) is 4. The van der Waals surface area contributed by atoms with Gasteiger partial charge in [0.15, 0.2) is 11.5 Å². The van der Waals surface area contributed by atoms with Crippen molar-refractivity contribution in [1.29, 1.82) is 0 Å². The number of benzene rings is 3. The van der Waals surface area contributed by atoms with E-state index in [-0.39, 0.29) is 24.9 Å². The molecule has 4 aromatic rings. The molecule has 0 aliphatic carbocycles. The normalized spacial score (nSPS) is 11.8. The van der Waals surface area contributed by atoms with Gasteiger partial charge in [-0.2, -0.15) is 0 Å². The maximum Gasteiger partial charge on any atom is 0.247 e. The van der Waals surface area contributed by atoms with Crippen LogP contribution in [0.4, 0.5) is 0 Å². The summed E-state index contributed by atoms with van der Waals surface area (Å²) in [6, 6.07) is 21.6. The molecule has 1 aromatic heterocycles. The van der Waals surface area contributed by atoms with Crippen LogP contribution in [0, 0.1) is 5.92 Å². The third kappa shape index (κ3) is 6.97. The monoisotopic (exact) mass is 543 g/mol. The summed E-state index contributed by atoms with van der Waals surface area (Å²) >= 11 is 0. The van der Waals surface area contributed by atoms with Crippen LogP contribution < -0.4 is 14.8 Å². The highest BCUT2D eigenvalue weighted by atomic mass is 16.5. The number of hydrogen-bond acceptors (Lipinski definition) is 6. The molecule has 3 aromatic carbocycles. The maximum atomic E-state index is 14.1. The lowest BCUT2D eigenvalue weighted by atomic mass is 10.0. The molecular weight excluding hydrogens is 506 g/mol. The van der Waals surface area contributed by atoms with Gasteiger partial charge in [-0.15, -0.1) is 5.10 Å². The molecule has 9 nitrogen and oxygen atoms in total. The van der Waals surface area contributed by atoms with Gasteiger partial charge in [0.2, 0.25) is 11.8 Å². The molecule has 1 N–H and O–H groups in total. The van der Waals surface area contributed by atoms with Crippen molar-refractivity contribution in [2.75, 3.05) is 20.3 Å². The average molecular weight is 544 g/mol. The number of methoxy groups -OCH3 is 1. The molecule has 0 spiro atoms. The highest BCUT2D eigenvalue weighted by Crippen LogP contribution is 2.33. The molecule has 9 heteroatoms. The molecule has 0 fully saturated rings. The zero-order valence-electron chi connectivity index (χ0n) is 23.5. The minimum atomic E-state index is -0.917. The van der Waals surface area contributed by atoms with Gasteiger partial charge in [0.25, 0.3) is 0 Å². The van der Waals surface area contributed by atoms with E-state index >= 15 is 0 Å². The van der Waals surface area contributed by atoms with E-state index < -0.39 is 6.04 Å². The molecule has 210 valence electrons. The summed E-state index contributed by atoms with van der Waals surface area (Å²) in [7, 11) is 1.56. The zero-order valence-corrected chi connectivity index (χ0v) is 23.5. The first kappa shape index (κ1) is 28.6. The van der Waals surface area contributed by atoms with E-state index in [4.69, 9.17) is 9.47 Å². The minimum absolute atomic E-state index is 0.0721. The second-order valence-corrected chi connectivity index (χ2v) is 9.96. The summed E-state index contributed by atoms with van der Waals surface area (Å²) in [6.07, 6.45) is 0.822. The Morgan fingerprint density at radius 1 is 1.00 bits per heavy atom. The lowest BCUT2D eigenvalue weighted by Gasteiger charge is -2.32. The molecule has 0 aliphatic heterocycles. The largest absolute Gasteiger partial charge is 0.493 e. The number of carbonyl (C=O) groups is 2. The lowest BCUT2D eigenvalue weighted by Crippen LogP contribution is -2.45. The van der Waals surface area contributed by atoms with Gasteiger partial charge in [-0.05, 0) is 54.7 Å². The van der Waals surface area contributed by atoms with Gasteiger partial charge < -0.3 is 19.7 Å². The van der Waals surface area contributed by atoms with Crippen LogP contribution in [0.1, 0.15) is 44.4 Å². The summed E-state index contributed by atoms with van der Waals surface area (Å²) in [6.45, 7) is 7.23. The first-order valence-electron chi connectivity index (χ1n) is 13.6. The number of para-hydroxylation sites is 1. The Morgan fingerprint density at radius 2 is 1.75 bits per heavy atom. The molecule has 1 atom stereocenters. The van der Waals surface area contributed by atoms with E-state index in [9.17, 15) is 9.59 Å². The molecular formula is C31H37N5O4. The smallest absolute Gasteiger partial charge is 0.247 e. The standard InChI is InChI=1S/C31H37N5O4/c1-5-40-27-16-15-24(19-28(27)39-4)30(31(38)32-18-17-22(2)3)35(20-23-11-7-6-8-12-23)29(37)21-36-26-14-10-9-13-25(26)33-34-36/h6-16,19,22,30H,5,17-18,20-21H2,1-4H3,(H,32,38). The van der Waals surface area contributed by atoms with Crippen molar-refractivity contribution in [1.82, 2.24) is 25.2 Å². The van der Waals surface area contributed by atoms with Gasteiger partial charge in [0.05, 0.1) is 19.2 Å². The first-order valence-corrected chi connectivity index (χ1v) is 13.6. The minimum Gasteiger partial charge on any atom is -0.493 e. The quantitative estimate of drug-likeness (QED) is 0.261. The fourth-order valence-electron chi connectivity index (χ4n) is 4.54. The third-order valence-corrected chi connectivity index (χ3v) is 6.61. The van der Waals surface area contributed by atoms with Crippen LogP contribution in [0.5, 0.6) is 11.5 Å². The molecule has 0 saturated carbocycles. The number of hydrogen-bond donors (Lipinski definition) is 1. The highest BCUT2D eigenvalue weighted by molar-refractivity contribution is 5.89. The number of carbonyl (C=O) groups excluding carboxylic acids is 2. The van der Waals surface area contributed by atoms with Crippen molar-refractivity contribution in [2.45, 2.75) is 46.3 Å². The van der Waals surface area contributed by atoms with Crippen LogP contribution in [0.3, 0.4) is 0 Å². The fraction of sp³-hybridized carbons (Fsp3) is 0.355. The van der Waals surface area contributed by atoms with Gasteiger partial charge in [-0.1, -0.05) is 67.6 Å². The second-order valence-electron chi connectivity index (χ2n) is 9.96. The molecule has 4 rings (SSSR count). The Hall–Kier alpha value is -4.40. The first-order chi connectivity index (χ1) is 19.4. The summed E-state index contributed by atoms with van der Waals surface area (Å²) in [5, 5.41) is 11.5. The van der Waals surface area contributed by atoms with Crippen LogP contribution >= 0.6 is 0 Å². The molecule has 0 radical (unpaired) electrons. The zero-order chi connectivity index (χ0) is 28.5. The predicted molar refractivity (Wildman–Crippen MR) is 154 cm³/mol. The lowest BCUT2D eigenvalue weighted by molar-refractivity contribution is -0.142. The molecule has 0 bridgehead atoms. The van der Waals surface area contributed by atoms with E-state index in [2.05, 4.69) is 29.5 Å². The Balaban J connectivity index is 1.76. The Labute approximate surface area is 235 Å². The van der Waals surface area contributed by atoms with E-state index in [0.717, 1.165) is 17.5 Å². The molecule has 40 heavy (non-hydrogen) atoms.